The number of sulfonamides is 1. The molecule has 0 heterocycles. The van der Waals surface area contributed by atoms with Gasteiger partial charge in [0.2, 0.25) is 10.0 Å². The Bertz CT molecular complexity index is 659. The van der Waals surface area contributed by atoms with Crippen LogP contribution in [0.15, 0.2) is 33.6 Å². The van der Waals surface area contributed by atoms with Crippen LogP contribution >= 0.6 is 15.9 Å². The van der Waals surface area contributed by atoms with Crippen molar-refractivity contribution in [1.29, 1.82) is 0 Å². The second kappa shape index (κ2) is 12.3. The van der Waals surface area contributed by atoms with Crippen LogP contribution in [0.1, 0.15) is 58.3 Å². The van der Waals surface area contributed by atoms with Crippen molar-refractivity contribution in [3.63, 3.8) is 0 Å². The highest BCUT2D eigenvalue weighted by Crippen LogP contribution is 2.28. The van der Waals surface area contributed by atoms with Crippen molar-refractivity contribution in [2.75, 3.05) is 26.7 Å². The number of ether oxygens (including phenoxy) is 1. The quantitative estimate of drug-likeness (QED) is 0.450. The van der Waals surface area contributed by atoms with E-state index in [1.165, 1.54) is 19.3 Å². The Labute approximate surface area is 179 Å². The summed E-state index contributed by atoms with van der Waals surface area (Å²) in [5, 5.41) is 3.35. The highest BCUT2D eigenvalue weighted by Gasteiger charge is 2.31. The summed E-state index contributed by atoms with van der Waals surface area (Å²) >= 11 is 3.35. The van der Waals surface area contributed by atoms with Crippen molar-refractivity contribution in [1.82, 2.24) is 9.62 Å². The van der Waals surface area contributed by atoms with E-state index in [2.05, 4.69) is 28.2 Å². The predicted molar refractivity (Wildman–Crippen MR) is 118 cm³/mol. The number of nitrogens with one attached hydrogen (secondary N) is 1. The molecule has 1 aromatic carbocycles. The molecule has 28 heavy (non-hydrogen) atoms. The molecule has 1 fully saturated rings. The minimum absolute atomic E-state index is 0.0552. The molecule has 2 rings (SSSR count). The number of hydrogen-bond acceptors (Lipinski definition) is 4. The zero-order chi connectivity index (χ0) is 20.4. The highest BCUT2D eigenvalue weighted by molar-refractivity contribution is 9.10. The maximum absolute atomic E-state index is 12.8. The van der Waals surface area contributed by atoms with Gasteiger partial charge in [0.25, 0.3) is 0 Å². The molecule has 1 aromatic rings. The normalized spacial score (nSPS) is 20.6. The minimum atomic E-state index is -3.44. The monoisotopic (exact) mass is 474 g/mol. The smallest absolute Gasteiger partial charge is 0.243 e. The molecule has 0 aliphatic heterocycles. The van der Waals surface area contributed by atoms with E-state index in [0.717, 1.165) is 56.3 Å². The summed E-state index contributed by atoms with van der Waals surface area (Å²) < 4.78 is 34.1. The van der Waals surface area contributed by atoms with E-state index in [-0.39, 0.29) is 12.1 Å². The lowest BCUT2D eigenvalue weighted by atomic mass is 9.93. The molecule has 0 amide bonds. The highest BCUT2D eigenvalue weighted by atomic mass is 79.9. The van der Waals surface area contributed by atoms with Crippen LogP contribution in [0.25, 0.3) is 0 Å². The Kier molecular flexibility index (Phi) is 10.4. The average molecular weight is 475 g/mol. The average Bonchev–Trinajstić information content (AvgIpc) is 2.70. The van der Waals surface area contributed by atoms with Gasteiger partial charge >= 0.3 is 0 Å². The third kappa shape index (κ3) is 7.41. The van der Waals surface area contributed by atoms with Gasteiger partial charge in [-0.25, -0.2) is 8.42 Å². The first-order valence-electron chi connectivity index (χ1n) is 10.5. The largest absolute Gasteiger partial charge is 0.378 e. The van der Waals surface area contributed by atoms with Gasteiger partial charge in [-0.05, 0) is 75.9 Å². The van der Waals surface area contributed by atoms with Crippen molar-refractivity contribution in [2.24, 2.45) is 0 Å². The van der Waals surface area contributed by atoms with Gasteiger partial charge < -0.3 is 10.1 Å². The zero-order valence-electron chi connectivity index (χ0n) is 17.2. The van der Waals surface area contributed by atoms with Gasteiger partial charge in [0.15, 0.2) is 0 Å². The molecule has 7 heteroatoms. The minimum Gasteiger partial charge on any atom is -0.378 e. The maximum Gasteiger partial charge on any atom is 0.243 e. The van der Waals surface area contributed by atoms with Crippen LogP contribution < -0.4 is 5.32 Å². The summed E-state index contributed by atoms with van der Waals surface area (Å²) in [6, 6.07) is 6.91. The number of benzene rings is 1. The molecule has 1 saturated carbocycles. The second-order valence-corrected chi connectivity index (χ2v) is 10.5. The summed E-state index contributed by atoms with van der Waals surface area (Å²) in [5.74, 6) is 0. The second-order valence-electron chi connectivity index (χ2n) is 7.54. The molecular formula is C21H35BrN2O3S. The summed E-state index contributed by atoms with van der Waals surface area (Å²) in [4.78, 5) is 0.353. The molecule has 0 atom stereocenters. The fourth-order valence-electron chi connectivity index (χ4n) is 3.68. The van der Waals surface area contributed by atoms with E-state index >= 15 is 0 Å². The lowest BCUT2D eigenvalue weighted by Crippen LogP contribution is -2.40. The van der Waals surface area contributed by atoms with E-state index in [4.69, 9.17) is 4.74 Å². The molecule has 0 aromatic heterocycles. The van der Waals surface area contributed by atoms with E-state index in [9.17, 15) is 8.42 Å². The summed E-state index contributed by atoms with van der Waals surface area (Å²) in [6.07, 6.45) is 8.69. The van der Waals surface area contributed by atoms with Crippen LogP contribution in [0.4, 0.5) is 0 Å². The van der Waals surface area contributed by atoms with Crippen LogP contribution in [-0.2, 0) is 14.8 Å². The number of unbranched alkanes of at least 4 members (excludes halogenated alkanes) is 3. The molecule has 0 spiro atoms. The first-order valence-corrected chi connectivity index (χ1v) is 12.7. The van der Waals surface area contributed by atoms with Gasteiger partial charge in [-0.1, -0.05) is 35.7 Å². The summed E-state index contributed by atoms with van der Waals surface area (Å²) in [7, 11) is -1.74. The van der Waals surface area contributed by atoms with Crippen molar-refractivity contribution < 1.29 is 13.2 Å². The Hall–Kier alpha value is -0.470. The molecule has 0 saturated heterocycles. The SMILES string of the molecule is CCNCCCCCCO[C@H]1CC[C@H](N(C)S(=O)(=O)c2ccc(Br)cc2)CC1. The third-order valence-corrected chi connectivity index (χ3v) is 7.95. The number of rotatable bonds is 12. The maximum atomic E-state index is 12.8. The molecule has 5 nitrogen and oxygen atoms in total. The van der Waals surface area contributed by atoms with Crippen molar-refractivity contribution in [3.05, 3.63) is 28.7 Å². The van der Waals surface area contributed by atoms with Crippen LogP contribution in [0.2, 0.25) is 0 Å². The van der Waals surface area contributed by atoms with Gasteiger partial charge in [0.05, 0.1) is 11.0 Å². The summed E-state index contributed by atoms with van der Waals surface area (Å²) in [6.45, 7) is 5.11. The van der Waals surface area contributed by atoms with Crippen molar-refractivity contribution in [2.45, 2.75) is 75.3 Å². The van der Waals surface area contributed by atoms with Gasteiger partial charge in [0.1, 0.15) is 0 Å². The molecule has 160 valence electrons. The van der Waals surface area contributed by atoms with Crippen LogP contribution in [0.3, 0.4) is 0 Å². The third-order valence-electron chi connectivity index (χ3n) is 5.50. The van der Waals surface area contributed by atoms with E-state index < -0.39 is 10.0 Å². The fraction of sp³-hybridized carbons (Fsp3) is 0.714. The van der Waals surface area contributed by atoms with Gasteiger partial charge in [-0.15, -0.1) is 0 Å². The topological polar surface area (TPSA) is 58.6 Å². The number of hydrogen-bond donors (Lipinski definition) is 1. The molecular weight excluding hydrogens is 440 g/mol. The first-order chi connectivity index (χ1) is 13.4. The Morgan fingerprint density at radius 1 is 1.07 bits per heavy atom. The first kappa shape index (κ1) is 23.8. The Morgan fingerprint density at radius 3 is 2.36 bits per heavy atom. The molecule has 0 bridgehead atoms. The van der Waals surface area contributed by atoms with Crippen molar-refractivity contribution >= 4 is 26.0 Å². The molecule has 1 aliphatic rings. The van der Waals surface area contributed by atoms with Crippen LogP contribution in [0, 0.1) is 0 Å². The van der Waals surface area contributed by atoms with Gasteiger partial charge in [-0.3, -0.25) is 0 Å². The molecule has 0 unspecified atom stereocenters. The lowest BCUT2D eigenvalue weighted by Gasteiger charge is -2.34. The van der Waals surface area contributed by atoms with E-state index in [0.29, 0.717) is 4.90 Å². The van der Waals surface area contributed by atoms with Crippen LogP contribution in [0.5, 0.6) is 0 Å². The lowest BCUT2D eigenvalue weighted by molar-refractivity contribution is 0.0157. The number of nitrogens with zero attached hydrogens (tertiary/aromatic N) is 1. The standard InChI is InChI=1S/C21H35BrN2O3S/c1-3-23-16-6-4-5-7-17-27-20-12-10-19(11-13-20)24(2)28(25,26)21-14-8-18(22)9-15-21/h8-9,14-15,19-20,23H,3-7,10-13,16-17H2,1-2H3/t19-,20-. The molecule has 0 radical (unpaired) electrons. The summed E-state index contributed by atoms with van der Waals surface area (Å²) in [5.41, 5.74) is 0. The predicted octanol–water partition coefficient (Wildman–Crippen LogP) is 4.57. The van der Waals surface area contributed by atoms with Crippen LogP contribution in [-0.4, -0.2) is 51.6 Å². The van der Waals surface area contributed by atoms with E-state index in [1.807, 2.05) is 0 Å². The Morgan fingerprint density at radius 2 is 1.71 bits per heavy atom. The van der Waals surface area contributed by atoms with Gasteiger partial charge in [0, 0.05) is 24.2 Å². The van der Waals surface area contributed by atoms with Gasteiger partial charge in [-0.2, -0.15) is 4.31 Å². The Balaban J connectivity index is 1.68. The zero-order valence-corrected chi connectivity index (χ0v) is 19.6. The number of halogens is 1. The fourth-order valence-corrected chi connectivity index (χ4v) is 5.36. The molecule has 1 aliphatic carbocycles. The van der Waals surface area contributed by atoms with E-state index in [1.54, 1.807) is 35.6 Å². The van der Waals surface area contributed by atoms with Crippen molar-refractivity contribution in [3.8, 4) is 0 Å². The molecule has 1 N–H and O–H groups in total.